The molecule has 0 aliphatic carbocycles. The second-order valence-corrected chi connectivity index (χ2v) is 17.9. The Balaban J connectivity index is 1.14. The molecule has 0 heterocycles. The van der Waals surface area contributed by atoms with Gasteiger partial charge in [-0.1, -0.05) is 121 Å². The molecule has 0 aliphatic heterocycles. The van der Waals surface area contributed by atoms with Crippen LogP contribution in [0.2, 0.25) is 0 Å². The second-order valence-electron chi connectivity index (χ2n) is 17.9. The highest BCUT2D eigenvalue weighted by atomic mass is 16.5. The Morgan fingerprint density at radius 3 is 0.750 bits per heavy atom. The van der Waals surface area contributed by atoms with Crippen molar-refractivity contribution in [1.82, 2.24) is 0 Å². The maximum atomic E-state index is 6.13. The highest BCUT2D eigenvalue weighted by Gasteiger charge is 2.22. The van der Waals surface area contributed by atoms with E-state index in [1.54, 1.807) is 0 Å². The van der Waals surface area contributed by atoms with Gasteiger partial charge in [0.1, 0.15) is 23.0 Å². The third-order valence-electron chi connectivity index (χ3n) is 13.0. The van der Waals surface area contributed by atoms with Crippen LogP contribution in [0.15, 0.2) is 196 Å². The Bertz CT molecular complexity index is 2580. The smallest absolute Gasteiger partial charge is 0.119 e. The molecular formula is C64H66O4. The lowest BCUT2D eigenvalue weighted by molar-refractivity contribution is 0.312. The first-order valence-electron chi connectivity index (χ1n) is 24.6. The van der Waals surface area contributed by atoms with E-state index in [1.165, 1.54) is 65.3 Å². The fourth-order valence-corrected chi connectivity index (χ4v) is 9.25. The molecule has 0 N–H and O–H groups in total. The zero-order valence-corrected chi connectivity index (χ0v) is 39.7. The molecule has 0 unspecified atom stereocenters. The SMILES string of the molecule is C=CCCCOc1ccc2cc(C(CCC(c3ccc4cc(OCCCC=C)ccc4c3)c3ccc4cc(OCCCC=C)ccc4c3)c3ccc4cc(OCCCC=C)ccc4c3)ccc2c1. The minimum atomic E-state index is 0.137. The highest BCUT2D eigenvalue weighted by Crippen LogP contribution is 2.40. The quantitative estimate of drug-likeness (QED) is 0.0381. The Hall–Kier alpha value is -7.04. The molecule has 4 nitrogen and oxygen atoms in total. The van der Waals surface area contributed by atoms with E-state index in [1.807, 2.05) is 24.3 Å². The van der Waals surface area contributed by atoms with Gasteiger partial charge in [-0.15, -0.1) is 26.3 Å². The van der Waals surface area contributed by atoms with E-state index in [4.69, 9.17) is 18.9 Å². The van der Waals surface area contributed by atoms with E-state index in [0.717, 1.165) is 87.2 Å². The van der Waals surface area contributed by atoms with Gasteiger partial charge in [0.05, 0.1) is 26.4 Å². The van der Waals surface area contributed by atoms with Gasteiger partial charge < -0.3 is 18.9 Å². The van der Waals surface area contributed by atoms with Crippen molar-refractivity contribution in [2.75, 3.05) is 26.4 Å². The molecule has 0 aromatic heterocycles. The van der Waals surface area contributed by atoms with Gasteiger partial charge in [0.15, 0.2) is 0 Å². The molecule has 0 amide bonds. The monoisotopic (exact) mass is 898 g/mol. The van der Waals surface area contributed by atoms with E-state index >= 15 is 0 Å². The van der Waals surface area contributed by atoms with Crippen LogP contribution in [-0.2, 0) is 0 Å². The Labute approximate surface area is 404 Å². The lowest BCUT2D eigenvalue weighted by Crippen LogP contribution is -2.07. The van der Waals surface area contributed by atoms with Crippen molar-refractivity contribution >= 4 is 43.1 Å². The predicted octanol–water partition coefficient (Wildman–Crippen LogP) is 17.4. The molecule has 346 valence electrons. The van der Waals surface area contributed by atoms with Gasteiger partial charge in [0, 0.05) is 11.8 Å². The highest BCUT2D eigenvalue weighted by molar-refractivity contribution is 5.88. The first-order chi connectivity index (χ1) is 33.5. The number of unbranched alkanes of at least 4 members (excludes halogenated alkanes) is 4. The van der Waals surface area contributed by atoms with Crippen molar-refractivity contribution in [2.24, 2.45) is 0 Å². The van der Waals surface area contributed by atoms with Crippen LogP contribution in [0.4, 0.5) is 0 Å². The van der Waals surface area contributed by atoms with E-state index in [0.29, 0.717) is 26.4 Å². The van der Waals surface area contributed by atoms with Crippen molar-refractivity contribution in [3.8, 4) is 23.0 Å². The molecule has 0 saturated carbocycles. The van der Waals surface area contributed by atoms with Gasteiger partial charge in [-0.05, 0) is 178 Å². The number of benzene rings is 8. The minimum Gasteiger partial charge on any atom is -0.494 e. The molecule has 0 fully saturated rings. The summed E-state index contributed by atoms with van der Waals surface area (Å²) in [6, 6.07) is 53.9. The summed E-state index contributed by atoms with van der Waals surface area (Å²) in [6.07, 6.45) is 17.2. The summed E-state index contributed by atoms with van der Waals surface area (Å²) in [4.78, 5) is 0. The molecule has 0 saturated heterocycles. The summed E-state index contributed by atoms with van der Waals surface area (Å²) >= 11 is 0. The van der Waals surface area contributed by atoms with Crippen molar-refractivity contribution in [3.63, 3.8) is 0 Å². The number of ether oxygens (including phenoxy) is 4. The molecule has 4 heteroatoms. The Kier molecular flexibility index (Phi) is 16.8. The van der Waals surface area contributed by atoms with Gasteiger partial charge in [0.25, 0.3) is 0 Å². The minimum absolute atomic E-state index is 0.137. The molecule has 0 aliphatic rings. The van der Waals surface area contributed by atoms with E-state index in [9.17, 15) is 0 Å². The zero-order chi connectivity index (χ0) is 46.9. The number of hydrogen-bond acceptors (Lipinski definition) is 4. The van der Waals surface area contributed by atoms with Crippen molar-refractivity contribution in [2.45, 2.75) is 76.0 Å². The van der Waals surface area contributed by atoms with Crippen molar-refractivity contribution < 1.29 is 18.9 Å². The summed E-state index contributed by atoms with van der Waals surface area (Å²) in [6.45, 7) is 18.1. The average Bonchev–Trinajstić information content (AvgIpc) is 3.37. The first-order valence-corrected chi connectivity index (χ1v) is 24.6. The van der Waals surface area contributed by atoms with Crippen LogP contribution in [0.5, 0.6) is 23.0 Å². The topological polar surface area (TPSA) is 36.9 Å². The molecule has 8 aromatic rings. The lowest BCUT2D eigenvalue weighted by atomic mass is 9.79. The van der Waals surface area contributed by atoms with Crippen molar-refractivity contribution in [3.05, 3.63) is 218 Å². The zero-order valence-electron chi connectivity index (χ0n) is 39.7. The second kappa shape index (κ2) is 24.1. The van der Waals surface area contributed by atoms with E-state index in [2.05, 4.69) is 172 Å². The number of rotatable bonds is 27. The molecular weight excluding hydrogens is 833 g/mol. The van der Waals surface area contributed by atoms with Gasteiger partial charge in [-0.25, -0.2) is 0 Å². The molecule has 0 spiro atoms. The van der Waals surface area contributed by atoms with Crippen LogP contribution in [0.25, 0.3) is 43.1 Å². The molecule has 8 aromatic carbocycles. The van der Waals surface area contributed by atoms with Gasteiger partial charge >= 0.3 is 0 Å². The summed E-state index contributed by atoms with van der Waals surface area (Å²) in [7, 11) is 0. The standard InChI is InChI=1S/C64H66O4/c1-5-9-13-35-65-59-29-25-47-39-55(21-17-51(47)43-59)63(56-22-18-52-44-60(30-26-48(52)40-56)66-36-14-10-6-2)33-34-64(57-23-19-53-45-61(31-27-49(53)41-57)67-37-15-11-7-3)58-24-20-54-46-62(32-28-50(54)42-58)68-38-16-12-8-4/h5-8,17-32,39-46,63-64H,1-4,9-16,33-38H2. The normalized spacial score (nSPS) is 11.4. The Morgan fingerprint density at radius 1 is 0.294 bits per heavy atom. The largest absolute Gasteiger partial charge is 0.494 e. The van der Waals surface area contributed by atoms with Crippen LogP contribution in [0.3, 0.4) is 0 Å². The molecule has 0 atom stereocenters. The first kappa shape index (κ1) is 47.5. The maximum Gasteiger partial charge on any atom is 0.119 e. The number of hydrogen-bond donors (Lipinski definition) is 0. The molecule has 0 bridgehead atoms. The van der Waals surface area contributed by atoms with Crippen LogP contribution >= 0.6 is 0 Å². The van der Waals surface area contributed by atoms with Gasteiger partial charge in [-0.3, -0.25) is 0 Å². The third-order valence-corrected chi connectivity index (χ3v) is 13.0. The maximum absolute atomic E-state index is 6.13. The molecule has 8 rings (SSSR count). The average molecular weight is 899 g/mol. The Morgan fingerprint density at radius 2 is 0.515 bits per heavy atom. The number of allylic oxidation sites excluding steroid dienone is 4. The van der Waals surface area contributed by atoms with Gasteiger partial charge in [0.2, 0.25) is 0 Å². The summed E-state index contributed by atoms with van der Waals surface area (Å²) < 4.78 is 24.5. The van der Waals surface area contributed by atoms with Gasteiger partial charge in [-0.2, -0.15) is 0 Å². The van der Waals surface area contributed by atoms with Crippen LogP contribution in [0, 0.1) is 0 Å². The van der Waals surface area contributed by atoms with Crippen LogP contribution in [-0.4, -0.2) is 26.4 Å². The molecule has 0 radical (unpaired) electrons. The van der Waals surface area contributed by atoms with Crippen molar-refractivity contribution in [1.29, 1.82) is 0 Å². The van der Waals surface area contributed by atoms with Crippen LogP contribution < -0.4 is 18.9 Å². The summed E-state index contributed by atoms with van der Waals surface area (Å²) in [5, 5.41) is 9.53. The van der Waals surface area contributed by atoms with E-state index < -0.39 is 0 Å². The van der Waals surface area contributed by atoms with E-state index in [-0.39, 0.29) is 11.8 Å². The lowest BCUT2D eigenvalue weighted by Gasteiger charge is -2.25. The summed E-state index contributed by atoms with van der Waals surface area (Å²) in [5.41, 5.74) is 5.21. The van der Waals surface area contributed by atoms with Crippen LogP contribution in [0.1, 0.15) is 98.3 Å². The number of fused-ring (bicyclic) bond motifs is 4. The third kappa shape index (κ3) is 12.5. The molecule has 68 heavy (non-hydrogen) atoms. The predicted molar refractivity (Wildman–Crippen MR) is 288 cm³/mol. The fourth-order valence-electron chi connectivity index (χ4n) is 9.25. The fraction of sp³-hybridized carbons (Fsp3) is 0.250. The summed E-state index contributed by atoms with van der Waals surface area (Å²) in [5.74, 6) is 3.88.